The van der Waals surface area contributed by atoms with Crippen molar-refractivity contribution in [3.05, 3.63) is 70.4 Å². The molecule has 2 aromatic carbocycles. The van der Waals surface area contributed by atoms with Gasteiger partial charge in [-0.1, -0.05) is 42.3 Å². The number of rotatable bonds is 4. The quantitative estimate of drug-likeness (QED) is 0.405. The molecule has 0 radical (unpaired) electrons. The van der Waals surface area contributed by atoms with Crippen molar-refractivity contribution < 1.29 is 9.21 Å². The van der Waals surface area contributed by atoms with Gasteiger partial charge >= 0.3 is 0 Å². The van der Waals surface area contributed by atoms with Gasteiger partial charge in [0.25, 0.3) is 5.91 Å². The van der Waals surface area contributed by atoms with Crippen molar-refractivity contribution >= 4 is 57.8 Å². The van der Waals surface area contributed by atoms with Gasteiger partial charge < -0.3 is 14.6 Å². The minimum Gasteiger partial charge on any atom is -0.451 e. The van der Waals surface area contributed by atoms with E-state index in [2.05, 4.69) is 22.5 Å². The van der Waals surface area contributed by atoms with Crippen LogP contribution in [0.3, 0.4) is 0 Å². The average molecular weight is 488 g/mol. The number of nitrogens with one attached hydrogen (secondary N) is 2. The second-order valence-corrected chi connectivity index (χ2v) is 9.17. The largest absolute Gasteiger partial charge is 0.451 e. The molecular weight excluding hydrogens is 465 g/mol. The Bertz CT molecular complexity index is 1140. The Kier molecular flexibility index (Phi) is 7.04. The predicted molar refractivity (Wildman–Crippen MR) is 135 cm³/mol. The van der Waals surface area contributed by atoms with Gasteiger partial charge in [0.1, 0.15) is 5.76 Å². The molecule has 166 valence electrons. The van der Waals surface area contributed by atoms with Gasteiger partial charge in [0.15, 0.2) is 10.9 Å². The summed E-state index contributed by atoms with van der Waals surface area (Å²) in [7, 11) is 0. The summed E-state index contributed by atoms with van der Waals surface area (Å²) in [4.78, 5) is 14.8. The lowest BCUT2D eigenvalue weighted by molar-refractivity contribution is 0.0951. The van der Waals surface area contributed by atoms with Crippen LogP contribution < -0.4 is 15.5 Å². The number of anilines is 2. The topological polar surface area (TPSA) is 57.5 Å². The van der Waals surface area contributed by atoms with E-state index in [-0.39, 0.29) is 10.9 Å². The predicted octanol–water partition coefficient (Wildman–Crippen LogP) is 6.62. The SMILES string of the molecule is CC1CCN(c2ccc(NC(=S)NC(=O)c3ccc(-c4cccc(Cl)c4)o3)cc2Cl)CC1. The van der Waals surface area contributed by atoms with Crippen molar-refractivity contribution in [3.63, 3.8) is 0 Å². The van der Waals surface area contributed by atoms with E-state index >= 15 is 0 Å². The third kappa shape index (κ3) is 5.44. The molecule has 1 saturated heterocycles. The van der Waals surface area contributed by atoms with Crippen molar-refractivity contribution in [2.45, 2.75) is 19.8 Å². The Morgan fingerprint density at radius 2 is 1.88 bits per heavy atom. The summed E-state index contributed by atoms with van der Waals surface area (Å²) in [6.45, 7) is 4.28. The van der Waals surface area contributed by atoms with Gasteiger partial charge in [-0.05, 0) is 73.4 Å². The summed E-state index contributed by atoms with van der Waals surface area (Å²) >= 11 is 17.8. The first-order chi connectivity index (χ1) is 15.4. The number of thiocarbonyl (C=S) groups is 1. The van der Waals surface area contributed by atoms with Crippen LogP contribution in [0.15, 0.2) is 59.0 Å². The van der Waals surface area contributed by atoms with Crippen LogP contribution in [0.5, 0.6) is 0 Å². The molecule has 2 N–H and O–H groups in total. The van der Waals surface area contributed by atoms with Gasteiger partial charge in [0.2, 0.25) is 0 Å². The highest BCUT2D eigenvalue weighted by atomic mass is 35.5. The van der Waals surface area contributed by atoms with E-state index in [1.54, 1.807) is 24.3 Å². The minimum atomic E-state index is -0.444. The third-order valence-corrected chi connectivity index (χ3v) is 6.24. The highest BCUT2D eigenvalue weighted by Crippen LogP contribution is 2.32. The molecule has 2 heterocycles. The second kappa shape index (κ2) is 9.94. The summed E-state index contributed by atoms with van der Waals surface area (Å²) in [6, 6.07) is 16.2. The van der Waals surface area contributed by atoms with Gasteiger partial charge in [-0.2, -0.15) is 0 Å². The van der Waals surface area contributed by atoms with E-state index in [1.807, 2.05) is 30.3 Å². The number of hydrogen-bond donors (Lipinski definition) is 2. The first kappa shape index (κ1) is 22.6. The summed E-state index contributed by atoms with van der Waals surface area (Å²) in [5, 5.41) is 7.04. The molecule has 0 saturated carbocycles. The molecule has 0 bridgehead atoms. The van der Waals surface area contributed by atoms with Crippen molar-refractivity contribution in [2.24, 2.45) is 5.92 Å². The number of carbonyl (C=O) groups is 1. The minimum absolute atomic E-state index is 0.150. The second-order valence-electron chi connectivity index (χ2n) is 7.92. The van der Waals surface area contributed by atoms with Crippen molar-refractivity contribution in [3.8, 4) is 11.3 Å². The fourth-order valence-electron chi connectivity index (χ4n) is 3.67. The van der Waals surface area contributed by atoms with Crippen molar-refractivity contribution in [1.82, 2.24) is 5.32 Å². The number of furan rings is 1. The smallest absolute Gasteiger partial charge is 0.293 e. The van der Waals surface area contributed by atoms with Gasteiger partial charge in [-0.15, -0.1) is 0 Å². The number of piperidine rings is 1. The van der Waals surface area contributed by atoms with Crippen molar-refractivity contribution in [1.29, 1.82) is 0 Å². The molecule has 1 aliphatic heterocycles. The van der Waals surface area contributed by atoms with E-state index in [1.165, 1.54) is 0 Å². The molecule has 1 aliphatic rings. The maximum absolute atomic E-state index is 12.5. The van der Waals surface area contributed by atoms with Gasteiger partial charge in [0.05, 0.1) is 10.7 Å². The standard InChI is InChI=1S/C24H23Cl2N3O2S/c1-15-9-11-29(12-10-15)20-6-5-18(14-19(20)26)27-24(32)28-23(30)22-8-7-21(31-22)16-3-2-4-17(25)13-16/h2-8,13-15H,9-12H2,1H3,(H2,27,28,30,32). The van der Waals surface area contributed by atoms with Crippen LogP contribution in [0, 0.1) is 5.92 Å². The zero-order valence-electron chi connectivity index (χ0n) is 17.5. The molecule has 32 heavy (non-hydrogen) atoms. The normalized spacial score (nSPS) is 14.3. The Labute approximate surface area is 202 Å². The maximum Gasteiger partial charge on any atom is 0.293 e. The molecule has 1 fully saturated rings. The monoisotopic (exact) mass is 487 g/mol. The molecular formula is C24H23Cl2N3O2S. The summed E-state index contributed by atoms with van der Waals surface area (Å²) in [5.41, 5.74) is 2.51. The fraction of sp³-hybridized carbons (Fsp3) is 0.250. The van der Waals surface area contributed by atoms with Gasteiger partial charge in [-0.25, -0.2) is 0 Å². The summed E-state index contributed by atoms with van der Waals surface area (Å²) in [6.07, 6.45) is 2.33. The van der Waals surface area contributed by atoms with Crippen LogP contribution >= 0.6 is 35.4 Å². The summed E-state index contributed by atoms with van der Waals surface area (Å²) in [5.74, 6) is 1.01. The number of benzene rings is 2. The lowest BCUT2D eigenvalue weighted by Gasteiger charge is -2.32. The fourth-order valence-corrected chi connectivity index (χ4v) is 4.38. The Morgan fingerprint density at radius 3 is 2.59 bits per heavy atom. The van der Waals surface area contributed by atoms with E-state index < -0.39 is 5.91 Å². The first-order valence-corrected chi connectivity index (χ1v) is 11.6. The van der Waals surface area contributed by atoms with Crippen LogP contribution in [-0.2, 0) is 0 Å². The Balaban J connectivity index is 1.36. The molecule has 3 aromatic rings. The van der Waals surface area contributed by atoms with E-state index in [9.17, 15) is 4.79 Å². The van der Waals surface area contributed by atoms with Crippen LogP contribution in [0.25, 0.3) is 11.3 Å². The van der Waals surface area contributed by atoms with Crippen LogP contribution in [-0.4, -0.2) is 24.1 Å². The van der Waals surface area contributed by atoms with Gasteiger partial charge in [0, 0.05) is 29.4 Å². The average Bonchev–Trinajstić information content (AvgIpc) is 3.25. The lowest BCUT2D eigenvalue weighted by Crippen LogP contribution is -2.34. The highest BCUT2D eigenvalue weighted by Gasteiger charge is 2.19. The number of halogens is 2. The number of nitrogens with zero attached hydrogens (tertiary/aromatic N) is 1. The molecule has 1 aromatic heterocycles. The first-order valence-electron chi connectivity index (χ1n) is 10.4. The molecule has 8 heteroatoms. The number of amides is 1. The molecule has 5 nitrogen and oxygen atoms in total. The zero-order valence-corrected chi connectivity index (χ0v) is 19.9. The molecule has 1 amide bonds. The van der Waals surface area contributed by atoms with E-state index in [4.69, 9.17) is 39.8 Å². The molecule has 0 aliphatic carbocycles. The van der Waals surface area contributed by atoms with E-state index in [0.29, 0.717) is 21.5 Å². The van der Waals surface area contributed by atoms with Crippen LogP contribution in [0.2, 0.25) is 10.0 Å². The Morgan fingerprint density at radius 1 is 1.09 bits per heavy atom. The Hall–Kier alpha value is -2.54. The molecule has 4 rings (SSSR count). The summed E-state index contributed by atoms with van der Waals surface area (Å²) < 4.78 is 5.66. The molecule has 0 spiro atoms. The zero-order chi connectivity index (χ0) is 22.7. The van der Waals surface area contributed by atoms with Crippen LogP contribution in [0.1, 0.15) is 30.3 Å². The third-order valence-electron chi connectivity index (χ3n) is 5.50. The van der Waals surface area contributed by atoms with Crippen LogP contribution in [0.4, 0.5) is 11.4 Å². The highest BCUT2D eigenvalue weighted by molar-refractivity contribution is 7.80. The molecule has 0 atom stereocenters. The lowest BCUT2D eigenvalue weighted by atomic mass is 9.99. The van der Waals surface area contributed by atoms with E-state index in [0.717, 1.165) is 43.1 Å². The molecule has 0 unspecified atom stereocenters. The maximum atomic E-state index is 12.5. The number of carbonyl (C=O) groups excluding carboxylic acids is 1. The van der Waals surface area contributed by atoms with Crippen molar-refractivity contribution in [2.75, 3.05) is 23.3 Å². The number of hydrogen-bond acceptors (Lipinski definition) is 4. The van der Waals surface area contributed by atoms with Gasteiger partial charge in [-0.3, -0.25) is 10.1 Å².